The molecule has 1 heterocycles. The molecule has 1 amide bonds. The SMILES string of the molecule is COc1ccc(S(=O)(=O)N2CCCC(C(=O)NCCc3ccccc3)C2)cc1C. The Balaban J connectivity index is 1.61. The lowest BCUT2D eigenvalue weighted by Gasteiger charge is -2.31. The molecule has 0 radical (unpaired) electrons. The molecule has 1 atom stereocenters. The van der Waals surface area contributed by atoms with Crippen LogP contribution in [0.15, 0.2) is 53.4 Å². The van der Waals surface area contributed by atoms with Gasteiger partial charge in [-0.25, -0.2) is 8.42 Å². The maximum atomic E-state index is 13.1. The molecular formula is C22H28N2O4S. The Morgan fingerprint density at radius 3 is 2.66 bits per heavy atom. The topological polar surface area (TPSA) is 75.7 Å². The van der Waals surface area contributed by atoms with Crippen molar-refractivity contribution >= 4 is 15.9 Å². The van der Waals surface area contributed by atoms with Gasteiger partial charge < -0.3 is 10.1 Å². The third kappa shape index (κ3) is 5.16. The van der Waals surface area contributed by atoms with Crippen molar-refractivity contribution in [1.82, 2.24) is 9.62 Å². The van der Waals surface area contributed by atoms with Crippen LogP contribution in [0.1, 0.15) is 24.0 Å². The van der Waals surface area contributed by atoms with Crippen molar-refractivity contribution in [3.8, 4) is 5.75 Å². The Bertz CT molecular complexity index is 945. The largest absolute Gasteiger partial charge is 0.496 e. The Labute approximate surface area is 172 Å². The van der Waals surface area contributed by atoms with Gasteiger partial charge in [0.15, 0.2) is 0 Å². The van der Waals surface area contributed by atoms with Gasteiger partial charge in [0.1, 0.15) is 5.75 Å². The minimum atomic E-state index is -3.64. The number of hydrogen-bond donors (Lipinski definition) is 1. The van der Waals surface area contributed by atoms with E-state index in [2.05, 4.69) is 5.32 Å². The standard InChI is InChI=1S/C22H28N2O4S/c1-17-15-20(10-11-21(17)28-2)29(26,27)24-14-6-9-19(16-24)22(25)23-13-12-18-7-4-3-5-8-18/h3-5,7-8,10-11,15,19H,6,9,12-14,16H2,1-2H3,(H,23,25). The highest BCUT2D eigenvalue weighted by Gasteiger charge is 2.33. The zero-order valence-electron chi connectivity index (χ0n) is 16.9. The second kappa shape index (κ2) is 9.41. The molecule has 156 valence electrons. The summed E-state index contributed by atoms with van der Waals surface area (Å²) in [5.41, 5.74) is 1.93. The predicted octanol–water partition coefficient (Wildman–Crippen LogP) is 2.76. The highest BCUT2D eigenvalue weighted by molar-refractivity contribution is 7.89. The van der Waals surface area contributed by atoms with Crippen LogP contribution in [-0.4, -0.2) is 45.4 Å². The first-order valence-electron chi connectivity index (χ1n) is 9.88. The summed E-state index contributed by atoms with van der Waals surface area (Å²) in [5.74, 6) is 0.249. The van der Waals surface area contributed by atoms with Crippen LogP contribution < -0.4 is 10.1 Å². The van der Waals surface area contributed by atoms with Crippen molar-refractivity contribution in [3.63, 3.8) is 0 Å². The van der Waals surface area contributed by atoms with Gasteiger partial charge in [0.2, 0.25) is 15.9 Å². The summed E-state index contributed by atoms with van der Waals surface area (Å²) >= 11 is 0. The molecule has 29 heavy (non-hydrogen) atoms. The van der Waals surface area contributed by atoms with E-state index in [0.29, 0.717) is 31.7 Å². The maximum absolute atomic E-state index is 13.1. The number of benzene rings is 2. The van der Waals surface area contributed by atoms with Crippen LogP contribution in [0.2, 0.25) is 0 Å². The summed E-state index contributed by atoms with van der Waals surface area (Å²) in [6.07, 6.45) is 2.13. The van der Waals surface area contributed by atoms with Crippen molar-refractivity contribution in [2.45, 2.75) is 31.1 Å². The van der Waals surface area contributed by atoms with Crippen LogP contribution in [0.4, 0.5) is 0 Å². The van der Waals surface area contributed by atoms with Gasteiger partial charge in [0.25, 0.3) is 0 Å². The molecule has 0 aromatic heterocycles. The summed E-state index contributed by atoms with van der Waals surface area (Å²) in [5, 5.41) is 2.96. The fraction of sp³-hybridized carbons (Fsp3) is 0.409. The zero-order valence-corrected chi connectivity index (χ0v) is 17.7. The molecule has 1 fully saturated rings. The molecule has 2 aromatic rings. The van der Waals surface area contributed by atoms with Crippen molar-refractivity contribution in [3.05, 3.63) is 59.7 Å². The first-order chi connectivity index (χ1) is 13.9. The number of methoxy groups -OCH3 is 1. The lowest BCUT2D eigenvalue weighted by molar-refractivity contribution is -0.126. The third-order valence-electron chi connectivity index (χ3n) is 5.31. The number of aryl methyl sites for hydroxylation is 1. The number of hydrogen-bond acceptors (Lipinski definition) is 4. The average molecular weight is 417 g/mol. The first-order valence-corrected chi connectivity index (χ1v) is 11.3. The average Bonchev–Trinajstić information content (AvgIpc) is 2.74. The second-order valence-electron chi connectivity index (χ2n) is 7.36. The predicted molar refractivity (Wildman–Crippen MR) is 112 cm³/mol. The van der Waals surface area contributed by atoms with Gasteiger partial charge in [-0.1, -0.05) is 30.3 Å². The number of amides is 1. The van der Waals surface area contributed by atoms with Gasteiger partial charge in [-0.2, -0.15) is 4.31 Å². The lowest BCUT2D eigenvalue weighted by atomic mass is 9.99. The molecule has 6 nitrogen and oxygen atoms in total. The van der Waals surface area contributed by atoms with Gasteiger partial charge >= 0.3 is 0 Å². The van der Waals surface area contributed by atoms with Gasteiger partial charge in [-0.15, -0.1) is 0 Å². The molecule has 7 heteroatoms. The fourth-order valence-corrected chi connectivity index (χ4v) is 5.26. The second-order valence-corrected chi connectivity index (χ2v) is 9.30. The summed E-state index contributed by atoms with van der Waals surface area (Å²) in [6.45, 7) is 3.01. The van der Waals surface area contributed by atoms with Crippen LogP contribution in [0.5, 0.6) is 5.75 Å². The normalized spacial score (nSPS) is 17.7. The molecule has 0 spiro atoms. The van der Waals surface area contributed by atoms with Crippen LogP contribution >= 0.6 is 0 Å². The Kier molecular flexibility index (Phi) is 6.92. The number of sulfonamides is 1. The number of ether oxygens (including phenoxy) is 1. The Morgan fingerprint density at radius 1 is 1.21 bits per heavy atom. The summed E-state index contributed by atoms with van der Waals surface area (Å²) in [7, 11) is -2.08. The van der Waals surface area contributed by atoms with Crippen LogP contribution in [0, 0.1) is 12.8 Å². The van der Waals surface area contributed by atoms with Gasteiger partial charge in [-0.3, -0.25) is 4.79 Å². The highest BCUT2D eigenvalue weighted by Crippen LogP contribution is 2.27. The fourth-order valence-electron chi connectivity index (χ4n) is 3.65. The van der Waals surface area contributed by atoms with E-state index in [0.717, 1.165) is 17.5 Å². The molecule has 1 N–H and O–H groups in total. The Morgan fingerprint density at radius 2 is 1.97 bits per heavy atom. The number of piperidine rings is 1. The molecule has 0 bridgehead atoms. The number of carbonyl (C=O) groups excluding carboxylic acids is 1. The van der Waals surface area contributed by atoms with E-state index < -0.39 is 10.0 Å². The minimum absolute atomic E-state index is 0.0771. The molecule has 3 rings (SSSR count). The molecule has 1 unspecified atom stereocenters. The Hall–Kier alpha value is -2.38. The third-order valence-corrected chi connectivity index (χ3v) is 7.18. The number of nitrogens with one attached hydrogen (secondary N) is 1. The molecule has 0 saturated carbocycles. The molecule has 2 aromatic carbocycles. The summed E-state index contributed by atoms with van der Waals surface area (Å²) in [4.78, 5) is 12.8. The van der Waals surface area contributed by atoms with Gasteiger partial charge in [-0.05, 0) is 55.5 Å². The molecule has 0 aliphatic carbocycles. The smallest absolute Gasteiger partial charge is 0.243 e. The van der Waals surface area contributed by atoms with E-state index >= 15 is 0 Å². The van der Waals surface area contributed by atoms with E-state index in [1.807, 2.05) is 37.3 Å². The zero-order chi connectivity index (χ0) is 20.9. The molecular weight excluding hydrogens is 388 g/mol. The monoisotopic (exact) mass is 416 g/mol. The van der Waals surface area contributed by atoms with E-state index in [4.69, 9.17) is 4.74 Å². The lowest BCUT2D eigenvalue weighted by Crippen LogP contribution is -2.45. The maximum Gasteiger partial charge on any atom is 0.243 e. The quantitative estimate of drug-likeness (QED) is 0.753. The van der Waals surface area contributed by atoms with Crippen molar-refractivity contribution in [2.75, 3.05) is 26.7 Å². The molecule has 1 aliphatic rings. The van der Waals surface area contributed by atoms with Crippen molar-refractivity contribution in [2.24, 2.45) is 5.92 Å². The number of carbonyl (C=O) groups is 1. The van der Waals surface area contributed by atoms with Crippen LogP contribution in [0.25, 0.3) is 0 Å². The number of rotatable bonds is 7. The summed E-state index contributed by atoms with van der Waals surface area (Å²) in [6, 6.07) is 14.8. The van der Waals surface area contributed by atoms with E-state index in [9.17, 15) is 13.2 Å². The van der Waals surface area contributed by atoms with Crippen molar-refractivity contribution < 1.29 is 17.9 Å². The van der Waals surface area contributed by atoms with E-state index in [1.54, 1.807) is 25.3 Å². The number of nitrogens with zero attached hydrogens (tertiary/aromatic N) is 1. The molecule has 1 aliphatic heterocycles. The van der Waals surface area contributed by atoms with Gasteiger partial charge in [0.05, 0.1) is 17.9 Å². The van der Waals surface area contributed by atoms with Gasteiger partial charge in [0, 0.05) is 19.6 Å². The van der Waals surface area contributed by atoms with E-state index in [1.165, 1.54) is 4.31 Å². The molecule has 1 saturated heterocycles. The highest BCUT2D eigenvalue weighted by atomic mass is 32.2. The van der Waals surface area contributed by atoms with Crippen LogP contribution in [-0.2, 0) is 21.2 Å². The van der Waals surface area contributed by atoms with E-state index in [-0.39, 0.29) is 23.3 Å². The first kappa shape index (κ1) is 21.3. The van der Waals surface area contributed by atoms with Crippen molar-refractivity contribution in [1.29, 1.82) is 0 Å². The van der Waals surface area contributed by atoms with Crippen LogP contribution in [0.3, 0.4) is 0 Å². The minimum Gasteiger partial charge on any atom is -0.496 e. The summed E-state index contributed by atoms with van der Waals surface area (Å²) < 4.78 is 32.8.